The van der Waals surface area contributed by atoms with Crippen LogP contribution in [-0.4, -0.2) is 17.4 Å². The van der Waals surface area contributed by atoms with Crippen molar-refractivity contribution in [3.63, 3.8) is 0 Å². The number of alkyl halides is 2. The van der Waals surface area contributed by atoms with E-state index < -0.39 is 18.3 Å². The first-order valence-corrected chi connectivity index (χ1v) is 6.71. The van der Waals surface area contributed by atoms with Crippen LogP contribution in [0, 0.1) is 5.92 Å². The van der Waals surface area contributed by atoms with E-state index in [2.05, 4.69) is 0 Å². The van der Waals surface area contributed by atoms with Gasteiger partial charge in [0.2, 0.25) is 0 Å². The van der Waals surface area contributed by atoms with Crippen LogP contribution < -0.4 is 0 Å². The SMILES string of the molecule is CCCC1CCC(c2ccccc2O)C(F)C1F. The monoisotopic (exact) mass is 254 g/mol. The molecule has 1 nitrogen and oxygen atoms in total. The lowest BCUT2D eigenvalue weighted by atomic mass is 9.74. The Labute approximate surface area is 107 Å². The number of phenols is 1. The summed E-state index contributed by atoms with van der Waals surface area (Å²) in [4.78, 5) is 0. The van der Waals surface area contributed by atoms with Gasteiger partial charge >= 0.3 is 0 Å². The molecule has 2 rings (SSSR count). The van der Waals surface area contributed by atoms with Gasteiger partial charge < -0.3 is 5.11 Å². The molecule has 0 aliphatic heterocycles. The molecule has 0 bridgehead atoms. The maximum Gasteiger partial charge on any atom is 0.138 e. The van der Waals surface area contributed by atoms with Gasteiger partial charge in [-0.25, -0.2) is 8.78 Å². The van der Waals surface area contributed by atoms with Crippen molar-refractivity contribution >= 4 is 0 Å². The average molecular weight is 254 g/mol. The van der Waals surface area contributed by atoms with Crippen LogP contribution in [0.1, 0.15) is 44.1 Å². The third-order valence-electron chi connectivity index (χ3n) is 3.98. The molecule has 0 heterocycles. The molecule has 1 fully saturated rings. The molecular formula is C15H20F2O. The molecular weight excluding hydrogens is 234 g/mol. The van der Waals surface area contributed by atoms with Crippen LogP contribution in [0.3, 0.4) is 0 Å². The van der Waals surface area contributed by atoms with Gasteiger partial charge in [-0.15, -0.1) is 0 Å². The summed E-state index contributed by atoms with van der Waals surface area (Å²) in [5.74, 6) is -0.590. The number of benzene rings is 1. The highest BCUT2D eigenvalue weighted by molar-refractivity contribution is 5.36. The zero-order valence-electron chi connectivity index (χ0n) is 10.7. The molecule has 1 aliphatic carbocycles. The molecule has 1 N–H and O–H groups in total. The summed E-state index contributed by atoms with van der Waals surface area (Å²) in [5, 5.41) is 9.75. The average Bonchev–Trinajstić information content (AvgIpc) is 2.37. The summed E-state index contributed by atoms with van der Waals surface area (Å²) in [7, 11) is 0. The number of phenolic OH excluding ortho intramolecular Hbond substituents is 1. The largest absolute Gasteiger partial charge is 0.508 e. The van der Waals surface area contributed by atoms with Crippen LogP contribution in [0.5, 0.6) is 5.75 Å². The molecule has 0 spiro atoms. The fourth-order valence-corrected chi connectivity index (χ4v) is 3.00. The summed E-state index contributed by atoms with van der Waals surface area (Å²) >= 11 is 0. The molecule has 0 radical (unpaired) electrons. The predicted octanol–water partition coefficient (Wildman–Crippen LogP) is 4.36. The van der Waals surface area contributed by atoms with E-state index in [1.165, 1.54) is 6.07 Å². The van der Waals surface area contributed by atoms with Gasteiger partial charge in [0.15, 0.2) is 0 Å². The van der Waals surface area contributed by atoms with E-state index in [0.29, 0.717) is 18.4 Å². The molecule has 1 aromatic rings. The molecule has 1 aromatic carbocycles. The number of rotatable bonds is 3. The van der Waals surface area contributed by atoms with Crippen LogP contribution in [0.25, 0.3) is 0 Å². The van der Waals surface area contributed by atoms with Crippen molar-refractivity contribution in [2.75, 3.05) is 0 Å². The molecule has 18 heavy (non-hydrogen) atoms. The van der Waals surface area contributed by atoms with Crippen molar-refractivity contribution in [2.45, 2.75) is 50.9 Å². The molecule has 100 valence electrons. The van der Waals surface area contributed by atoms with Crippen LogP contribution in [0.4, 0.5) is 8.78 Å². The van der Waals surface area contributed by atoms with Gasteiger partial charge in [-0.3, -0.25) is 0 Å². The van der Waals surface area contributed by atoms with Gasteiger partial charge in [0.1, 0.15) is 18.1 Å². The molecule has 0 saturated heterocycles. The maximum atomic E-state index is 14.2. The number of halogens is 2. The van der Waals surface area contributed by atoms with Crippen molar-refractivity contribution in [1.82, 2.24) is 0 Å². The Kier molecular flexibility index (Phi) is 4.20. The maximum absolute atomic E-state index is 14.2. The summed E-state index contributed by atoms with van der Waals surface area (Å²) in [5.41, 5.74) is 0.544. The minimum Gasteiger partial charge on any atom is -0.508 e. The van der Waals surface area contributed by atoms with E-state index in [4.69, 9.17) is 0 Å². The van der Waals surface area contributed by atoms with E-state index >= 15 is 0 Å². The lowest BCUT2D eigenvalue weighted by Crippen LogP contribution is -2.36. The van der Waals surface area contributed by atoms with Gasteiger partial charge in [-0.05, 0) is 36.8 Å². The normalized spacial score (nSPS) is 32.4. The smallest absolute Gasteiger partial charge is 0.138 e. The van der Waals surface area contributed by atoms with E-state index in [1.54, 1.807) is 18.2 Å². The van der Waals surface area contributed by atoms with Crippen LogP contribution in [0.2, 0.25) is 0 Å². The van der Waals surface area contributed by atoms with Gasteiger partial charge in [-0.1, -0.05) is 31.5 Å². The molecule has 1 aliphatic rings. The van der Waals surface area contributed by atoms with E-state index in [-0.39, 0.29) is 11.7 Å². The summed E-state index contributed by atoms with van der Waals surface area (Å²) in [6, 6.07) is 6.68. The van der Waals surface area contributed by atoms with E-state index in [0.717, 1.165) is 12.8 Å². The molecule has 0 amide bonds. The zero-order valence-corrected chi connectivity index (χ0v) is 10.7. The fraction of sp³-hybridized carbons (Fsp3) is 0.600. The molecule has 0 aromatic heterocycles. The Morgan fingerprint density at radius 1 is 1.17 bits per heavy atom. The Hall–Kier alpha value is -1.12. The predicted molar refractivity (Wildman–Crippen MR) is 68.3 cm³/mol. The van der Waals surface area contributed by atoms with Crippen molar-refractivity contribution < 1.29 is 13.9 Å². The first-order valence-electron chi connectivity index (χ1n) is 6.71. The molecule has 1 saturated carbocycles. The van der Waals surface area contributed by atoms with Gasteiger partial charge in [0, 0.05) is 5.92 Å². The highest BCUT2D eigenvalue weighted by Crippen LogP contribution is 2.43. The van der Waals surface area contributed by atoms with Crippen molar-refractivity contribution in [1.29, 1.82) is 0 Å². The quantitative estimate of drug-likeness (QED) is 0.849. The van der Waals surface area contributed by atoms with Gasteiger partial charge in [0.05, 0.1) is 0 Å². The lowest BCUT2D eigenvalue weighted by molar-refractivity contribution is 0.0449. The highest BCUT2D eigenvalue weighted by Gasteiger charge is 2.40. The topological polar surface area (TPSA) is 20.2 Å². The summed E-state index contributed by atoms with van der Waals surface area (Å²) < 4.78 is 28.2. The molecule has 4 unspecified atom stereocenters. The Balaban J connectivity index is 2.15. The standard InChI is InChI=1S/C15H20F2O/c1-2-5-10-8-9-12(15(17)14(10)16)11-6-3-4-7-13(11)18/h3-4,6-7,10,12,14-15,18H,2,5,8-9H2,1H3. The first kappa shape index (κ1) is 13.3. The van der Waals surface area contributed by atoms with Crippen LogP contribution >= 0.6 is 0 Å². The zero-order chi connectivity index (χ0) is 13.1. The number of hydrogen-bond donors (Lipinski definition) is 1. The van der Waals surface area contributed by atoms with Gasteiger partial charge in [-0.2, -0.15) is 0 Å². The number of aromatic hydroxyl groups is 1. The van der Waals surface area contributed by atoms with Crippen LogP contribution in [-0.2, 0) is 0 Å². The second-order valence-corrected chi connectivity index (χ2v) is 5.18. The summed E-state index contributed by atoms with van der Waals surface area (Å²) in [6.45, 7) is 2.00. The minimum atomic E-state index is -1.50. The van der Waals surface area contributed by atoms with Crippen LogP contribution in [0.15, 0.2) is 24.3 Å². The Morgan fingerprint density at radius 3 is 2.56 bits per heavy atom. The van der Waals surface area contributed by atoms with E-state index in [1.807, 2.05) is 6.92 Å². The number of hydrogen-bond acceptors (Lipinski definition) is 1. The Morgan fingerprint density at radius 2 is 1.89 bits per heavy atom. The van der Waals surface area contributed by atoms with Gasteiger partial charge in [0.25, 0.3) is 0 Å². The molecule has 4 atom stereocenters. The fourth-order valence-electron chi connectivity index (χ4n) is 3.00. The third kappa shape index (κ3) is 2.50. The Bertz CT molecular complexity index is 394. The first-order chi connectivity index (χ1) is 8.65. The number of para-hydroxylation sites is 1. The van der Waals surface area contributed by atoms with Crippen molar-refractivity contribution in [3.05, 3.63) is 29.8 Å². The van der Waals surface area contributed by atoms with Crippen molar-refractivity contribution in [3.8, 4) is 5.75 Å². The lowest BCUT2D eigenvalue weighted by Gasteiger charge is -2.35. The summed E-state index contributed by atoms with van der Waals surface area (Å²) in [6.07, 6.45) is 0.0544. The third-order valence-corrected chi connectivity index (χ3v) is 3.98. The molecule has 3 heteroatoms. The highest BCUT2D eigenvalue weighted by atomic mass is 19.2. The van der Waals surface area contributed by atoms with E-state index in [9.17, 15) is 13.9 Å². The second kappa shape index (κ2) is 5.68. The second-order valence-electron chi connectivity index (χ2n) is 5.18. The minimum absolute atomic E-state index is 0.0753. The van der Waals surface area contributed by atoms with Crippen molar-refractivity contribution in [2.24, 2.45) is 5.92 Å².